The second-order valence-electron chi connectivity index (χ2n) is 5.63. The van der Waals surface area contributed by atoms with E-state index in [1.807, 2.05) is 18.2 Å². The molecule has 1 aromatic heterocycles. The zero-order chi connectivity index (χ0) is 18.1. The van der Waals surface area contributed by atoms with Crippen LogP contribution >= 0.6 is 0 Å². The van der Waals surface area contributed by atoms with Crippen molar-refractivity contribution in [1.82, 2.24) is 0 Å². The van der Waals surface area contributed by atoms with Crippen LogP contribution in [0.3, 0.4) is 0 Å². The van der Waals surface area contributed by atoms with Crippen molar-refractivity contribution in [2.45, 2.75) is 32.6 Å². The summed E-state index contributed by atoms with van der Waals surface area (Å²) in [6.45, 7) is 2.18. The maximum absolute atomic E-state index is 11.0. The number of benzene rings is 1. The van der Waals surface area contributed by atoms with Gasteiger partial charge in [0.1, 0.15) is 11.5 Å². The van der Waals surface area contributed by atoms with E-state index < -0.39 is 4.92 Å². The number of allylic oxidation sites excluding steroid dienone is 1. The summed E-state index contributed by atoms with van der Waals surface area (Å²) in [6, 6.07) is 8.33. The Bertz CT molecular complexity index is 707. The van der Waals surface area contributed by atoms with E-state index in [2.05, 4.69) is 6.92 Å². The largest absolute Gasteiger partial charge is 0.467 e. The number of non-ortho nitro benzene ring substituents is 1. The van der Waals surface area contributed by atoms with E-state index in [-0.39, 0.29) is 12.5 Å². The summed E-state index contributed by atoms with van der Waals surface area (Å²) in [5, 5.41) is 11.0. The Kier molecular flexibility index (Phi) is 7.22. The summed E-state index contributed by atoms with van der Waals surface area (Å²) >= 11 is 0. The molecular formula is C19H23NO5. The average molecular weight is 345 g/mol. The molecular weight excluding hydrogens is 322 g/mol. The lowest BCUT2D eigenvalue weighted by Crippen LogP contribution is -2.01. The molecule has 0 amide bonds. The number of ether oxygens (including phenoxy) is 2. The van der Waals surface area contributed by atoms with E-state index in [9.17, 15) is 10.1 Å². The molecule has 0 spiro atoms. The first-order valence-electron chi connectivity index (χ1n) is 8.30. The summed E-state index contributed by atoms with van der Waals surface area (Å²) in [7, 11) is 1.51. The molecule has 2 aromatic rings. The summed E-state index contributed by atoms with van der Waals surface area (Å²) in [5.41, 5.74) is 1.77. The van der Waals surface area contributed by atoms with Crippen LogP contribution in [0.1, 0.15) is 43.9 Å². The molecule has 1 aromatic carbocycles. The van der Waals surface area contributed by atoms with E-state index >= 15 is 0 Å². The lowest BCUT2D eigenvalue weighted by atomic mass is 10.0. The van der Waals surface area contributed by atoms with Crippen molar-refractivity contribution in [2.75, 3.05) is 13.9 Å². The summed E-state index contributed by atoms with van der Waals surface area (Å²) in [4.78, 5) is 10.6. The standard InChI is InChI=1S/C19H23NO5/c1-3-4-5-7-15(18-8-6-11-24-18)12-16-9-10-17(20(21)22)13-19(16)25-14-23-2/h6,8-13H,3-5,7,14H2,1-2H3/b15-12+. The minimum absolute atomic E-state index is 0.0196. The maximum atomic E-state index is 11.0. The number of nitro groups is 1. The Balaban J connectivity index is 2.37. The highest BCUT2D eigenvalue weighted by molar-refractivity contribution is 5.81. The maximum Gasteiger partial charge on any atom is 0.273 e. The van der Waals surface area contributed by atoms with Crippen molar-refractivity contribution in [3.63, 3.8) is 0 Å². The van der Waals surface area contributed by atoms with Gasteiger partial charge in [-0.25, -0.2) is 0 Å². The molecule has 0 atom stereocenters. The highest BCUT2D eigenvalue weighted by atomic mass is 16.7. The van der Waals surface area contributed by atoms with Crippen molar-refractivity contribution in [3.8, 4) is 5.75 Å². The van der Waals surface area contributed by atoms with Crippen LogP contribution < -0.4 is 4.74 Å². The summed E-state index contributed by atoms with van der Waals surface area (Å²) in [6.07, 6.45) is 7.77. The lowest BCUT2D eigenvalue weighted by molar-refractivity contribution is -0.385. The quantitative estimate of drug-likeness (QED) is 0.253. The number of nitro benzene ring substituents is 1. The van der Waals surface area contributed by atoms with Gasteiger partial charge >= 0.3 is 0 Å². The summed E-state index contributed by atoms with van der Waals surface area (Å²) in [5.74, 6) is 1.21. The molecule has 25 heavy (non-hydrogen) atoms. The zero-order valence-corrected chi connectivity index (χ0v) is 14.6. The average Bonchev–Trinajstić information content (AvgIpc) is 3.14. The molecule has 0 N–H and O–H groups in total. The first-order chi connectivity index (χ1) is 12.2. The van der Waals surface area contributed by atoms with Gasteiger partial charge in [0.2, 0.25) is 0 Å². The fourth-order valence-corrected chi connectivity index (χ4v) is 2.48. The van der Waals surface area contributed by atoms with Crippen molar-refractivity contribution in [1.29, 1.82) is 0 Å². The first kappa shape index (κ1) is 18.7. The van der Waals surface area contributed by atoms with Gasteiger partial charge in [0.05, 0.1) is 17.3 Å². The molecule has 6 nitrogen and oxygen atoms in total. The van der Waals surface area contributed by atoms with Crippen LogP contribution in [-0.2, 0) is 4.74 Å². The molecule has 2 rings (SSSR count). The Morgan fingerprint density at radius 3 is 2.80 bits per heavy atom. The van der Waals surface area contributed by atoms with Gasteiger partial charge in [0.25, 0.3) is 5.69 Å². The Morgan fingerprint density at radius 2 is 2.16 bits per heavy atom. The van der Waals surface area contributed by atoms with E-state index in [1.165, 1.54) is 19.2 Å². The smallest absolute Gasteiger partial charge is 0.273 e. The molecule has 0 saturated heterocycles. The molecule has 0 aliphatic carbocycles. The first-order valence-corrected chi connectivity index (χ1v) is 8.30. The summed E-state index contributed by atoms with van der Waals surface area (Å²) < 4.78 is 16.0. The molecule has 0 radical (unpaired) electrons. The highest BCUT2D eigenvalue weighted by Gasteiger charge is 2.13. The van der Waals surface area contributed by atoms with Gasteiger partial charge < -0.3 is 13.9 Å². The molecule has 0 fully saturated rings. The Morgan fingerprint density at radius 1 is 1.32 bits per heavy atom. The van der Waals surface area contributed by atoms with Crippen LogP contribution in [0, 0.1) is 10.1 Å². The third-order valence-corrected chi connectivity index (χ3v) is 3.76. The molecule has 0 bridgehead atoms. The van der Waals surface area contributed by atoms with Gasteiger partial charge in [0, 0.05) is 18.7 Å². The van der Waals surface area contributed by atoms with Crippen LogP contribution in [0.25, 0.3) is 11.6 Å². The lowest BCUT2D eigenvalue weighted by Gasteiger charge is -2.10. The Labute approximate surface area is 147 Å². The fourth-order valence-electron chi connectivity index (χ4n) is 2.48. The number of hydrogen-bond donors (Lipinski definition) is 0. The van der Waals surface area contributed by atoms with Crippen molar-refractivity contribution >= 4 is 17.3 Å². The van der Waals surface area contributed by atoms with Crippen molar-refractivity contribution in [2.24, 2.45) is 0 Å². The predicted molar refractivity (Wildman–Crippen MR) is 96.3 cm³/mol. The molecule has 6 heteroatoms. The van der Waals surface area contributed by atoms with Crippen LogP contribution in [0.5, 0.6) is 5.75 Å². The number of rotatable bonds is 10. The Hall–Kier alpha value is -2.60. The van der Waals surface area contributed by atoms with Crippen LogP contribution in [0.2, 0.25) is 0 Å². The second-order valence-corrected chi connectivity index (χ2v) is 5.63. The molecule has 134 valence electrons. The van der Waals surface area contributed by atoms with Gasteiger partial charge in [-0.2, -0.15) is 0 Å². The van der Waals surface area contributed by atoms with Gasteiger partial charge in [0.15, 0.2) is 6.79 Å². The monoisotopic (exact) mass is 345 g/mol. The van der Waals surface area contributed by atoms with Crippen molar-refractivity contribution < 1.29 is 18.8 Å². The molecule has 0 unspecified atom stereocenters. The van der Waals surface area contributed by atoms with Gasteiger partial charge in [-0.3, -0.25) is 10.1 Å². The highest BCUT2D eigenvalue weighted by Crippen LogP contribution is 2.31. The zero-order valence-electron chi connectivity index (χ0n) is 14.6. The minimum atomic E-state index is -0.443. The van der Waals surface area contributed by atoms with Crippen LogP contribution in [0.15, 0.2) is 41.0 Å². The normalized spacial score (nSPS) is 11.5. The van der Waals surface area contributed by atoms with Gasteiger partial charge in [-0.15, -0.1) is 0 Å². The molecule has 0 aliphatic rings. The number of methoxy groups -OCH3 is 1. The van der Waals surface area contributed by atoms with E-state index in [1.54, 1.807) is 12.3 Å². The van der Waals surface area contributed by atoms with Gasteiger partial charge in [-0.05, 0) is 42.7 Å². The van der Waals surface area contributed by atoms with E-state index in [0.29, 0.717) is 5.75 Å². The number of hydrogen-bond acceptors (Lipinski definition) is 5. The topological polar surface area (TPSA) is 74.7 Å². The number of unbranched alkanes of at least 4 members (excludes halogenated alkanes) is 2. The second kappa shape index (κ2) is 9.64. The molecule has 0 aliphatic heterocycles. The fraction of sp³-hybridized carbons (Fsp3) is 0.368. The number of furan rings is 1. The third kappa shape index (κ3) is 5.46. The van der Waals surface area contributed by atoms with Crippen LogP contribution in [0.4, 0.5) is 5.69 Å². The molecule has 1 heterocycles. The molecule has 0 saturated carbocycles. The predicted octanol–water partition coefficient (Wildman–Crippen LogP) is 5.29. The third-order valence-electron chi connectivity index (χ3n) is 3.76. The van der Waals surface area contributed by atoms with Crippen LogP contribution in [-0.4, -0.2) is 18.8 Å². The van der Waals surface area contributed by atoms with Gasteiger partial charge in [-0.1, -0.05) is 19.8 Å². The van der Waals surface area contributed by atoms with Crippen molar-refractivity contribution in [3.05, 3.63) is 58.0 Å². The van der Waals surface area contributed by atoms with E-state index in [4.69, 9.17) is 13.9 Å². The van der Waals surface area contributed by atoms with E-state index in [0.717, 1.165) is 42.6 Å². The number of nitrogens with zero attached hydrogens (tertiary/aromatic N) is 1. The SMILES string of the molecule is CCCCC/C(=C\c1ccc([N+](=O)[O-])cc1OCOC)c1ccco1. The minimum Gasteiger partial charge on any atom is -0.467 e.